The smallest absolute Gasteiger partial charge is 0.248 e. The van der Waals surface area contributed by atoms with Crippen LogP contribution in [0.5, 0.6) is 0 Å². The number of rotatable bonds is 2. The summed E-state index contributed by atoms with van der Waals surface area (Å²) in [5, 5.41) is 4.31. The number of carbonyl (C=O) groups is 1. The number of thiophene rings is 1. The van der Waals surface area contributed by atoms with Gasteiger partial charge in [0.2, 0.25) is 5.91 Å². The molecule has 0 aromatic carbocycles. The van der Waals surface area contributed by atoms with E-state index >= 15 is 0 Å². The number of hydrogen-bond donors (Lipinski definition) is 0. The van der Waals surface area contributed by atoms with E-state index in [-0.39, 0.29) is 18.1 Å². The van der Waals surface area contributed by atoms with E-state index in [0.29, 0.717) is 0 Å². The minimum atomic E-state index is -0.126. The van der Waals surface area contributed by atoms with Crippen molar-refractivity contribution in [3.63, 3.8) is 0 Å². The minimum absolute atomic E-state index is 0.0944. The van der Waals surface area contributed by atoms with E-state index in [1.807, 2.05) is 7.05 Å². The largest absolute Gasteiger partial charge is 0.362 e. The van der Waals surface area contributed by atoms with Crippen LogP contribution in [-0.4, -0.2) is 54.6 Å². The fourth-order valence-corrected chi connectivity index (χ4v) is 3.50. The van der Waals surface area contributed by atoms with Crippen molar-refractivity contribution in [1.29, 1.82) is 0 Å². The van der Waals surface area contributed by atoms with Gasteiger partial charge in [-0.25, -0.2) is 0 Å². The fourth-order valence-electron chi connectivity index (χ4n) is 2.84. The molecular formula is C13H18N2O2S. The van der Waals surface area contributed by atoms with E-state index in [1.54, 1.807) is 16.2 Å². The lowest BCUT2D eigenvalue weighted by Crippen LogP contribution is -2.54. The van der Waals surface area contributed by atoms with Gasteiger partial charge in [-0.05, 0) is 28.8 Å². The van der Waals surface area contributed by atoms with Crippen molar-refractivity contribution in [1.82, 2.24) is 9.80 Å². The van der Waals surface area contributed by atoms with Gasteiger partial charge >= 0.3 is 0 Å². The molecule has 5 heteroatoms. The van der Waals surface area contributed by atoms with Gasteiger partial charge in [-0.2, -0.15) is 11.3 Å². The molecule has 1 aromatic heterocycles. The van der Waals surface area contributed by atoms with Crippen molar-refractivity contribution in [3.8, 4) is 0 Å². The highest BCUT2D eigenvalue weighted by molar-refractivity contribution is 7.07. The number of morpholine rings is 1. The second kappa shape index (κ2) is 4.64. The molecule has 2 fully saturated rings. The molecule has 0 saturated carbocycles. The van der Waals surface area contributed by atoms with Gasteiger partial charge in [0.1, 0.15) is 12.2 Å². The molecule has 1 amide bonds. The summed E-state index contributed by atoms with van der Waals surface area (Å²) in [7, 11) is 1.87. The third-order valence-electron chi connectivity index (χ3n) is 3.83. The first kappa shape index (κ1) is 12.1. The molecule has 3 rings (SSSR count). The van der Waals surface area contributed by atoms with Crippen LogP contribution in [0.15, 0.2) is 16.8 Å². The number of likely N-dealkylation sites (N-methyl/N-ethyl adjacent to an activating group) is 1. The predicted octanol–water partition coefficient (Wildman–Crippen LogP) is 1.18. The summed E-state index contributed by atoms with van der Waals surface area (Å²) in [6.45, 7) is 3.94. The Labute approximate surface area is 111 Å². The van der Waals surface area contributed by atoms with Gasteiger partial charge in [-0.3, -0.25) is 9.69 Å². The second-order valence-electron chi connectivity index (χ2n) is 5.31. The molecule has 2 aliphatic heterocycles. The second-order valence-corrected chi connectivity index (χ2v) is 6.09. The van der Waals surface area contributed by atoms with Gasteiger partial charge in [0.15, 0.2) is 0 Å². The molecule has 2 saturated heterocycles. The Morgan fingerprint density at radius 1 is 1.50 bits per heavy atom. The van der Waals surface area contributed by atoms with E-state index in [0.717, 1.165) is 32.6 Å². The van der Waals surface area contributed by atoms with Gasteiger partial charge in [-0.1, -0.05) is 0 Å². The maximum absolute atomic E-state index is 11.5. The fraction of sp³-hybridized carbons (Fsp3) is 0.615. The molecule has 0 bridgehead atoms. The first-order valence-electron chi connectivity index (χ1n) is 6.28. The summed E-state index contributed by atoms with van der Waals surface area (Å²) in [6, 6.07) is 2.17. The summed E-state index contributed by atoms with van der Waals surface area (Å²) >= 11 is 1.74. The highest BCUT2D eigenvalue weighted by atomic mass is 32.1. The third-order valence-corrected chi connectivity index (χ3v) is 4.57. The van der Waals surface area contributed by atoms with Gasteiger partial charge in [0.25, 0.3) is 0 Å². The molecule has 98 valence electrons. The maximum Gasteiger partial charge on any atom is 0.248 e. The minimum Gasteiger partial charge on any atom is -0.362 e. The van der Waals surface area contributed by atoms with Crippen molar-refractivity contribution in [2.75, 3.05) is 33.3 Å². The van der Waals surface area contributed by atoms with Crippen molar-refractivity contribution in [2.45, 2.75) is 18.6 Å². The highest BCUT2D eigenvalue weighted by Crippen LogP contribution is 2.30. The molecule has 3 heterocycles. The summed E-state index contributed by atoms with van der Waals surface area (Å²) in [5.41, 5.74) is 1.25. The normalized spacial score (nSPS) is 29.4. The predicted molar refractivity (Wildman–Crippen MR) is 70.5 cm³/mol. The van der Waals surface area contributed by atoms with Crippen LogP contribution < -0.4 is 0 Å². The van der Waals surface area contributed by atoms with Crippen LogP contribution in [0, 0.1) is 0 Å². The van der Waals surface area contributed by atoms with Crippen LogP contribution in [0.1, 0.15) is 12.0 Å². The lowest BCUT2D eigenvalue weighted by molar-refractivity contribution is -0.159. The molecule has 0 N–H and O–H groups in total. The molecule has 2 aliphatic rings. The molecule has 18 heavy (non-hydrogen) atoms. The van der Waals surface area contributed by atoms with E-state index in [1.165, 1.54) is 5.56 Å². The molecule has 0 radical (unpaired) electrons. The van der Waals surface area contributed by atoms with Crippen molar-refractivity contribution < 1.29 is 9.53 Å². The SMILES string of the molecule is CN1C[C@@]2(CCN(Cc3ccsc3)C2)OCC1=O. The van der Waals surface area contributed by atoms with E-state index in [2.05, 4.69) is 21.7 Å². The monoisotopic (exact) mass is 266 g/mol. The van der Waals surface area contributed by atoms with Crippen LogP contribution in [0.2, 0.25) is 0 Å². The number of hydrogen-bond acceptors (Lipinski definition) is 4. The Balaban J connectivity index is 1.62. The zero-order valence-electron chi connectivity index (χ0n) is 10.6. The molecular weight excluding hydrogens is 248 g/mol. The lowest BCUT2D eigenvalue weighted by Gasteiger charge is -2.38. The van der Waals surface area contributed by atoms with Gasteiger partial charge in [0.05, 0.1) is 6.54 Å². The van der Waals surface area contributed by atoms with Crippen LogP contribution >= 0.6 is 11.3 Å². The highest BCUT2D eigenvalue weighted by Gasteiger charge is 2.43. The Morgan fingerprint density at radius 3 is 3.11 bits per heavy atom. The molecule has 1 atom stereocenters. The zero-order chi connectivity index (χ0) is 12.6. The molecule has 1 spiro atoms. The van der Waals surface area contributed by atoms with Crippen molar-refractivity contribution >= 4 is 17.2 Å². The Kier molecular flexibility index (Phi) is 3.13. The number of amides is 1. The zero-order valence-corrected chi connectivity index (χ0v) is 11.4. The number of likely N-dealkylation sites (tertiary alicyclic amines) is 1. The summed E-state index contributed by atoms with van der Waals surface area (Å²) < 4.78 is 5.83. The quantitative estimate of drug-likeness (QED) is 0.806. The van der Waals surface area contributed by atoms with Gasteiger partial charge in [-0.15, -0.1) is 0 Å². The van der Waals surface area contributed by atoms with Gasteiger partial charge in [0, 0.05) is 26.7 Å². The Bertz CT molecular complexity index is 434. The van der Waals surface area contributed by atoms with Crippen molar-refractivity contribution in [3.05, 3.63) is 22.4 Å². The molecule has 1 aromatic rings. The third kappa shape index (κ3) is 2.30. The van der Waals surface area contributed by atoms with E-state index in [4.69, 9.17) is 4.74 Å². The van der Waals surface area contributed by atoms with E-state index in [9.17, 15) is 4.79 Å². The van der Waals surface area contributed by atoms with Crippen LogP contribution in [0.4, 0.5) is 0 Å². The first-order chi connectivity index (χ1) is 8.67. The van der Waals surface area contributed by atoms with Crippen molar-refractivity contribution in [2.24, 2.45) is 0 Å². The first-order valence-corrected chi connectivity index (χ1v) is 7.23. The Hall–Kier alpha value is -0.910. The summed E-state index contributed by atoms with van der Waals surface area (Å²) in [6.07, 6.45) is 1.02. The lowest BCUT2D eigenvalue weighted by atomic mass is 10.0. The Morgan fingerprint density at radius 2 is 2.39 bits per heavy atom. The molecule has 4 nitrogen and oxygen atoms in total. The van der Waals surface area contributed by atoms with Crippen LogP contribution in [0.25, 0.3) is 0 Å². The topological polar surface area (TPSA) is 32.8 Å². The van der Waals surface area contributed by atoms with Gasteiger partial charge < -0.3 is 9.64 Å². The van der Waals surface area contributed by atoms with Crippen LogP contribution in [-0.2, 0) is 16.1 Å². The summed E-state index contributed by atoms with van der Waals surface area (Å²) in [5.74, 6) is 0.0944. The average Bonchev–Trinajstić information content (AvgIpc) is 2.96. The molecule has 0 aliphatic carbocycles. The standard InChI is InChI=1S/C13H18N2O2S/c1-14-9-13(17-7-12(14)16)3-4-15(10-13)6-11-2-5-18-8-11/h2,5,8H,3-4,6-7,9-10H2,1H3/t13-/m1/s1. The maximum atomic E-state index is 11.5. The number of ether oxygens (including phenoxy) is 1. The number of carbonyl (C=O) groups excluding carboxylic acids is 1. The average molecular weight is 266 g/mol. The summed E-state index contributed by atoms with van der Waals surface area (Å²) in [4.78, 5) is 15.7. The van der Waals surface area contributed by atoms with E-state index < -0.39 is 0 Å². The van der Waals surface area contributed by atoms with Crippen LogP contribution in [0.3, 0.4) is 0 Å². The molecule has 0 unspecified atom stereocenters. The number of nitrogens with zero attached hydrogens (tertiary/aromatic N) is 2.